The summed E-state index contributed by atoms with van der Waals surface area (Å²) < 4.78 is 0. The molecule has 3 N–H and O–H groups in total. The highest BCUT2D eigenvalue weighted by molar-refractivity contribution is 5.90. The molecule has 0 fully saturated rings. The lowest BCUT2D eigenvalue weighted by Gasteiger charge is -2.16. The Hall–Kier alpha value is -3.99. The minimum atomic E-state index is 0.498. The Morgan fingerprint density at radius 2 is 1.97 bits per heavy atom. The van der Waals surface area contributed by atoms with Crippen LogP contribution in [0.15, 0.2) is 48.8 Å². The van der Waals surface area contributed by atoms with E-state index in [0.717, 1.165) is 76.5 Å². The van der Waals surface area contributed by atoms with Gasteiger partial charge in [0.05, 0.1) is 22.6 Å². The van der Waals surface area contributed by atoms with Crippen LogP contribution in [0.4, 0.5) is 11.4 Å². The number of pyridine rings is 2. The number of rotatable bonds is 10. The molecule has 7 nitrogen and oxygen atoms in total. The van der Waals surface area contributed by atoms with Crippen molar-refractivity contribution in [3.8, 4) is 6.07 Å². The van der Waals surface area contributed by atoms with Gasteiger partial charge in [-0.2, -0.15) is 5.26 Å². The maximum absolute atomic E-state index is 9.81. The van der Waals surface area contributed by atoms with Crippen molar-refractivity contribution in [2.75, 3.05) is 32.5 Å². The summed E-state index contributed by atoms with van der Waals surface area (Å²) in [6.07, 6.45) is 8.63. The fraction of sp³-hybridized carbons (Fsp3) is 0.276. The average Bonchev–Trinajstić information content (AvgIpc) is 3.35. The number of nitrogens with zero attached hydrogens (tertiary/aromatic N) is 4. The molecule has 0 amide bonds. The zero-order valence-electron chi connectivity index (χ0n) is 21.4. The van der Waals surface area contributed by atoms with Gasteiger partial charge >= 0.3 is 0 Å². The molecule has 0 saturated carbocycles. The molecule has 0 aliphatic carbocycles. The lowest BCUT2D eigenvalue weighted by Crippen LogP contribution is -2.21. The number of aromatic nitrogens is 3. The van der Waals surface area contributed by atoms with Crippen molar-refractivity contribution < 1.29 is 0 Å². The van der Waals surface area contributed by atoms with Gasteiger partial charge < -0.3 is 20.5 Å². The van der Waals surface area contributed by atoms with E-state index >= 15 is 0 Å². The van der Waals surface area contributed by atoms with Crippen LogP contribution in [0.1, 0.15) is 40.2 Å². The molecule has 3 heterocycles. The van der Waals surface area contributed by atoms with E-state index in [9.17, 15) is 5.26 Å². The molecular formula is C29H33N7. The molecule has 0 spiro atoms. The normalized spacial score (nSPS) is 11.4. The van der Waals surface area contributed by atoms with E-state index in [2.05, 4.69) is 58.7 Å². The first kappa shape index (κ1) is 25.1. The average molecular weight is 480 g/mol. The lowest BCUT2D eigenvalue weighted by molar-refractivity contribution is 0.394. The van der Waals surface area contributed by atoms with E-state index in [-0.39, 0.29) is 0 Å². The number of hydrogen-bond donors (Lipinski definition) is 3. The maximum Gasteiger partial charge on any atom is 0.103 e. The molecule has 184 valence electrons. The smallest absolute Gasteiger partial charge is 0.103 e. The van der Waals surface area contributed by atoms with E-state index in [1.165, 1.54) is 0 Å². The number of nitrogens with one attached hydrogen (secondary N) is 3. The standard InChI is InChI=1S/C29H33N7/c1-20-25-13-15-32-28(25)12-11-27(20)35-29-22(17-30)18-33-21(2)26(29)10-9-23-7-5-8-24(34-23)19-31-14-6-16-36(3)4/h5,7-13,15,18,31-32H,6,14,16,19H2,1-4H3,(H,33,35)/b10-9+. The van der Waals surface area contributed by atoms with Gasteiger partial charge in [0.2, 0.25) is 0 Å². The molecule has 0 radical (unpaired) electrons. The number of nitriles is 1. The van der Waals surface area contributed by atoms with Gasteiger partial charge in [-0.25, -0.2) is 0 Å². The summed E-state index contributed by atoms with van der Waals surface area (Å²) in [7, 11) is 4.17. The van der Waals surface area contributed by atoms with Gasteiger partial charge in [-0.15, -0.1) is 0 Å². The number of H-pyrrole nitrogens is 1. The Balaban J connectivity index is 1.57. The maximum atomic E-state index is 9.81. The van der Waals surface area contributed by atoms with Gasteiger partial charge in [-0.05, 0) is 95.5 Å². The quantitative estimate of drug-likeness (QED) is 0.264. The molecule has 1 aromatic carbocycles. The Bertz CT molecular complexity index is 1410. The minimum absolute atomic E-state index is 0.498. The second kappa shape index (κ2) is 11.6. The summed E-state index contributed by atoms with van der Waals surface area (Å²) in [4.78, 5) is 14.7. The van der Waals surface area contributed by atoms with E-state index in [4.69, 9.17) is 4.98 Å². The first-order chi connectivity index (χ1) is 17.5. The van der Waals surface area contributed by atoms with Crippen molar-refractivity contribution in [3.05, 3.63) is 82.6 Å². The number of anilines is 2. The zero-order chi connectivity index (χ0) is 25.5. The number of hydrogen-bond acceptors (Lipinski definition) is 6. The van der Waals surface area contributed by atoms with Gasteiger partial charge in [-0.3, -0.25) is 9.97 Å². The first-order valence-corrected chi connectivity index (χ1v) is 12.2. The second-order valence-electron chi connectivity index (χ2n) is 9.18. The van der Waals surface area contributed by atoms with Crippen molar-refractivity contribution in [2.24, 2.45) is 0 Å². The largest absolute Gasteiger partial charge is 0.361 e. The Morgan fingerprint density at radius 1 is 1.11 bits per heavy atom. The lowest BCUT2D eigenvalue weighted by atomic mass is 10.0. The molecule has 3 aromatic heterocycles. The molecule has 36 heavy (non-hydrogen) atoms. The van der Waals surface area contributed by atoms with Crippen LogP contribution >= 0.6 is 0 Å². The number of benzene rings is 1. The van der Waals surface area contributed by atoms with Crippen molar-refractivity contribution >= 4 is 34.4 Å². The summed E-state index contributed by atoms with van der Waals surface area (Å²) in [5.41, 5.74) is 7.98. The van der Waals surface area contributed by atoms with Crippen LogP contribution in [-0.2, 0) is 6.54 Å². The Labute approximate surface area is 212 Å². The van der Waals surface area contributed by atoms with E-state index in [1.54, 1.807) is 6.20 Å². The zero-order valence-corrected chi connectivity index (χ0v) is 21.4. The third-order valence-electron chi connectivity index (χ3n) is 6.21. The summed E-state index contributed by atoms with van der Waals surface area (Å²) in [6, 6.07) is 14.5. The highest BCUT2D eigenvalue weighted by Gasteiger charge is 2.13. The van der Waals surface area contributed by atoms with Crippen LogP contribution in [0.2, 0.25) is 0 Å². The molecule has 0 atom stereocenters. The van der Waals surface area contributed by atoms with Gasteiger partial charge in [0, 0.05) is 46.8 Å². The van der Waals surface area contributed by atoms with Crippen molar-refractivity contribution in [1.82, 2.24) is 25.2 Å². The van der Waals surface area contributed by atoms with Crippen LogP contribution in [0, 0.1) is 25.2 Å². The van der Waals surface area contributed by atoms with Crippen molar-refractivity contribution in [2.45, 2.75) is 26.8 Å². The Kier molecular flexibility index (Phi) is 8.11. The molecule has 0 aliphatic heterocycles. The van der Waals surface area contributed by atoms with Crippen LogP contribution in [0.3, 0.4) is 0 Å². The highest BCUT2D eigenvalue weighted by atomic mass is 15.1. The van der Waals surface area contributed by atoms with Crippen LogP contribution in [-0.4, -0.2) is 47.0 Å². The van der Waals surface area contributed by atoms with Gasteiger partial charge in [0.1, 0.15) is 6.07 Å². The van der Waals surface area contributed by atoms with Crippen LogP contribution in [0.25, 0.3) is 23.1 Å². The summed E-state index contributed by atoms with van der Waals surface area (Å²) in [6.45, 7) is 6.78. The van der Waals surface area contributed by atoms with Crippen molar-refractivity contribution in [1.29, 1.82) is 5.26 Å². The first-order valence-electron chi connectivity index (χ1n) is 12.2. The third-order valence-corrected chi connectivity index (χ3v) is 6.21. The number of aromatic amines is 1. The SMILES string of the molecule is Cc1ncc(C#N)c(Nc2ccc3[nH]ccc3c2C)c1/C=C/c1cccc(CNCCCN(C)C)n1. The molecule has 0 unspecified atom stereocenters. The van der Waals surface area contributed by atoms with Gasteiger partial charge in [0.25, 0.3) is 0 Å². The summed E-state index contributed by atoms with van der Waals surface area (Å²) >= 11 is 0. The topological polar surface area (TPSA) is 92.7 Å². The number of fused-ring (bicyclic) bond motifs is 1. The molecule has 7 heteroatoms. The molecule has 4 aromatic rings. The second-order valence-corrected chi connectivity index (χ2v) is 9.18. The molecule has 0 aliphatic rings. The fourth-order valence-electron chi connectivity index (χ4n) is 4.19. The Morgan fingerprint density at radius 3 is 2.78 bits per heavy atom. The molecule has 0 saturated heterocycles. The van der Waals surface area contributed by atoms with E-state index in [1.807, 2.05) is 55.6 Å². The van der Waals surface area contributed by atoms with E-state index in [0.29, 0.717) is 5.56 Å². The predicted octanol–water partition coefficient (Wildman–Crippen LogP) is 5.40. The molecule has 4 rings (SSSR count). The molecule has 0 bridgehead atoms. The summed E-state index contributed by atoms with van der Waals surface area (Å²) in [5.74, 6) is 0. The molecular weight excluding hydrogens is 446 g/mol. The predicted molar refractivity (Wildman–Crippen MR) is 148 cm³/mol. The van der Waals surface area contributed by atoms with Crippen LogP contribution < -0.4 is 10.6 Å². The van der Waals surface area contributed by atoms with Gasteiger partial charge in [-0.1, -0.05) is 6.07 Å². The highest BCUT2D eigenvalue weighted by Crippen LogP contribution is 2.32. The summed E-state index contributed by atoms with van der Waals surface area (Å²) in [5, 5.41) is 17.9. The van der Waals surface area contributed by atoms with Gasteiger partial charge in [0.15, 0.2) is 0 Å². The monoisotopic (exact) mass is 479 g/mol. The number of aryl methyl sites for hydroxylation is 2. The minimum Gasteiger partial charge on any atom is -0.361 e. The van der Waals surface area contributed by atoms with E-state index < -0.39 is 0 Å². The fourth-order valence-corrected chi connectivity index (χ4v) is 4.19. The van der Waals surface area contributed by atoms with Crippen LogP contribution in [0.5, 0.6) is 0 Å². The third kappa shape index (κ3) is 5.98. The van der Waals surface area contributed by atoms with Crippen molar-refractivity contribution in [3.63, 3.8) is 0 Å².